The number of nitrogens with one attached hydrogen (secondary N) is 1. The number of thioether (sulfide) groups is 1. The molecule has 7 heterocycles. The van der Waals surface area contributed by atoms with E-state index in [1.165, 1.54) is 37.2 Å². The number of hydrogen-bond donors (Lipinski definition) is 2. The number of hydrogen-bond acceptors (Lipinski definition) is 15. The highest BCUT2D eigenvalue weighted by Gasteiger charge is 2.68. The van der Waals surface area contributed by atoms with Crippen molar-refractivity contribution in [2.24, 2.45) is 0 Å². The molecular weight excluding hydrogens is 1120 g/mol. The quantitative estimate of drug-likeness (QED) is 0.0438. The number of β-lactam (4-membered cyclic amide) rings is 2. The Bertz CT molecular complexity index is 3690. The number of aliphatic carboxylic acids is 1. The van der Waals surface area contributed by atoms with Crippen LogP contribution in [0.5, 0.6) is 23.0 Å². The number of rotatable bonds is 10. The number of aryl methyl sites for hydroxylation is 1. The largest absolute Gasteiger partial charge is 0.514 e. The van der Waals surface area contributed by atoms with Crippen molar-refractivity contribution in [3.8, 4) is 23.0 Å². The average Bonchev–Trinajstić information content (AvgIpc) is 4.20. The first kappa shape index (κ1) is 51.1. The number of fused-ring (bicyclic) bond motifs is 9. The number of nitrogens with zero attached hydrogens (tertiary/aromatic N) is 3. The molecule has 7 aliphatic heterocycles. The normalized spacial score (nSPS) is 23.6. The molecule has 5 aromatic rings. The minimum atomic E-state index is -3.87. The third-order valence-corrected chi connectivity index (χ3v) is 21.1. The van der Waals surface area contributed by atoms with Crippen molar-refractivity contribution < 1.29 is 66.0 Å². The molecule has 1 spiro atoms. The van der Waals surface area contributed by atoms with Crippen LogP contribution in [0, 0.1) is 6.92 Å². The van der Waals surface area contributed by atoms with Crippen molar-refractivity contribution in [3.05, 3.63) is 149 Å². The van der Waals surface area contributed by atoms with Gasteiger partial charge in [0.1, 0.15) is 64.7 Å². The second-order valence-corrected chi connectivity index (χ2v) is 25.0. The molecule has 3 saturated heterocycles. The highest BCUT2D eigenvalue weighted by Crippen LogP contribution is 2.62. The minimum Gasteiger partial charge on any atom is -0.489 e. The Morgan fingerprint density at radius 2 is 1.62 bits per heavy atom. The predicted octanol–water partition coefficient (Wildman–Crippen LogP) is 8.84. The van der Waals surface area contributed by atoms with Crippen LogP contribution in [-0.2, 0) is 57.1 Å². The number of carbonyl (C=O) groups excluding carboxylic acids is 5. The van der Waals surface area contributed by atoms with Crippen LogP contribution >= 0.6 is 58.2 Å². The second-order valence-electron chi connectivity index (χ2n) is 19.7. The van der Waals surface area contributed by atoms with Gasteiger partial charge in [-0.3, -0.25) is 19.3 Å². The van der Waals surface area contributed by atoms with Gasteiger partial charge in [-0.15, -0.1) is 11.8 Å². The summed E-state index contributed by atoms with van der Waals surface area (Å²) in [6.07, 6.45) is -0.443. The predicted molar refractivity (Wildman–Crippen MR) is 281 cm³/mol. The zero-order chi connectivity index (χ0) is 54.4. The van der Waals surface area contributed by atoms with Gasteiger partial charge in [-0.05, 0) is 80.3 Å². The van der Waals surface area contributed by atoms with Crippen LogP contribution in [0.4, 0.5) is 16.2 Å². The van der Waals surface area contributed by atoms with Gasteiger partial charge in [0.25, 0.3) is 5.91 Å². The summed E-state index contributed by atoms with van der Waals surface area (Å²) in [4.78, 5) is 83.4. The number of halogens is 4. The summed E-state index contributed by atoms with van der Waals surface area (Å²) in [5, 5.41) is 10.5. The van der Waals surface area contributed by atoms with Crippen LogP contribution in [-0.4, -0.2) is 106 Å². The van der Waals surface area contributed by atoms with Crippen molar-refractivity contribution in [1.82, 2.24) is 15.1 Å². The highest BCUT2D eigenvalue weighted by molar-refractivity contribution is 8.00. The van der Waals surface area contributed by atoms with Crippen LogP contribution in [0.1, 0.15) is 64.0 Å². The van der Waals surface area contributed by atoms with Gasteiger partial charge in [-0.25, -0.2) is 22.8 Å². The number of ether oxygens (including phenoxy) is 5. The van der Waals surface area contributed by atoms with Crippen LogP contribution < -0.4 is 24.4 Å². The molecule has 2 N–H and O–H groups in total. The molecule has 3 amide bonds. The van der Waals surface area contributed by atoms with Crippen LogP contribution in [0.2, 0.25) is 20.1 Å². The fourth-order valence-electron chi connectivity index (χ4n) is 11.2. The molecule has 77 heavy (non-hydrogen) atoms. The molecule has 0 radical (unpaired) electrons. The average molecular weight is 1160 g/mol. The Morgan fingerprint density at radius 1 is 0.896 bits per heavy atom. The first-order chi connectivity index (χ1) is 36.6. The van der Waals surface area contributed by atoms with Gasteiger partial charge in [-0.1, -0.05) is 76.7 Å². The Morgan fingerprint density at radius 3 is 2.36 bits per heavy atom. The van der Waals surface area contributed by atoms with Crippen molar-refractivity contribution >= 4 is 115 Å². The molecule has 0 saturated carbocycles. The van der Waals surface area contributed by atoms with Crippen molar-refractivity contribution in [1.29, 1.82) is 0 Å². The fourth-order valence-corrected chi connectivity index (χ4v) is 15.8. The number of sulfone groups is 1. The van der Waals surface area contributed by atoms with Crippen molar-refractivity contribution in [3.63, 3.8) is 0 Å². The van der Waals surface area contributed by atoms with Gasteiger partial charge in [-0.2, -0.15) is 0 Å². The monoisotopic (exact) mass is 1160 g/mol. The standard InChI is InChI=1S/C53H40Cl4N4O14S2/c1-23-16-30-34(73-33-17-27(59-15-14-25-6-4-5-7-31(25)59)10-13-29(33)53(30)38-37(50(67)75-53)39(54)41(56)42(57)40(38)55)18-32(23)74-51(68)72-20-24-8-11-28(12-9-24)71-21-26-22-76-48-43(47(64)61(48)44(26)49(65)66)58-46(63)45-52(2,3)77(69,70)36-19-35(62)60(36)45/h4-13,16-18,36,43,45,48H,14-15,19-22H2,1-3H3,(H,58,63)(H,65,66)/t36-,43-,45+,48-,53?/m1/s1. The van der Waals surface area contributed by atoms with E-state index >= 15 is 0 Å². The van der Waals surface area contributed by atoms with E-state index in [0.29, 0.717) is 45.9 Å². The van der Waals surface area contributed by atoms with Crippen molar-refractivity contribution in [2.45, 2.75) is 73.4 Å². The lowest BCUT2D eigenvalue weighted by Crippen LogP contribution is -2.72. The smallest absolute Gasteiger partial charge is 0.489 e. The zero-order valence-electron chi connectivity index (χ0n) is 40.5. The van der Waals surface area contributed by atoms with Gasteiger partial charge in [0.2, 0.25) is 11.8 Å². The third-order valence-electron chi connectivity index (χ3n) is 15.1. The molecule has 18 nitrogen and oxygen atoms in total. The van der Waals surface area contributed by atoms with Crippen LogP contribution in [0.25, 0.3) is 0 Å². The minimum absolute atomic E-state index is 0.0473. The number of para-hydroxylation sites is 1. The third kappa shape index (κ3) is 7.60. The summed E-state index contributed by atoms with van der Waals surface area (Å²) < 4.78 is 54.7. The Balaban J connectivity index is 0.726. The summed E-state index contributed by atoms with van der Waals surface area (Å²) in [6.45, 7) is 4.69. The summed E-state index contributed by atoms with van der Waals surface area (Å²) in [5.74, 6) is -3.17. The van der Waals surface area contributed by atoms with E-state index in [9.17, 15) is 42.3 Å². The maximum atomic E-state index is 13.9. The molecule has 396 valence electrons. The van der Waals surface area contributed by atoms with Gasteiger partial charge in [0.15, 0.2) is 15.4 Å². The van der Waals surface area contributed by atoms with Gasteiger partial charge < -0.3 is 43.9 Å². The van der Waals surface area contributed by atoms with E-state index in [0.717, 1.165) is 27.6 Å². The zero-order valence-corrected chi connectivity index (χ0v) is 45.1. The highest BCUT2D eigenvalue weighted by atomic mass is 35.5. The number of esters is 1. The number of anilines is 2. The van der Waals surface area contributed by atoms with Gasteiger partial charge in [0.05, 0.1) is 36.8 Å². The summed E-state index contributed by atoms with van der Waals surface area (Å²) in [7, 11) is -3.87. The summed E-state index contributed by atoms with van der Waals surface area (Å²) in [5.41, 5.74) is 3.15. The molecule has 3 fully saturated rings. The Kier molecular flexibility index (Phi) is 12.1. The summed E-state index contributed by atoms with van der Waals surface area (Å²) in [6, 6.07) is 20.7. The molecule has 24 heteroatoms. The lowest BCUT2D eigenvalue weighted by Gasteiger charge is -2.50. The van der Waals surface area contributed by atoms with Gasteiger partial charge >= 0.3 is 18.1 Å². The Labute approximate surface area is 462 Å². The maximum absolute atomic E-state index is 13.9. The SMILES string of the molecule is Cc1cc2c(cc1OC(=O)OCc1ccc(OCC3=C(C(=O)O)N4C(=O)[C@@H](NC(=O)[C@@H]5N6C(=O)C[C@H]6S(=O)(=O)C5(C)C)[C@H]4SC3)cc1)Oc1cc(N3CCc4ccccc43)ccc1C21OC(=O)c2c(Cl)c(Cl)c(Cl)c(Cl)c21. The number of carboxylic acids is 1. The van der Waals surface area contributed by atoms with Crippen LogP contribution in [0.3, 0.4) is 0 Å². The van der Waals surface area contributed by atoms with E-state index in [-0.39, 0.29) is 73.8 Å². The number of benzene rings is 5. The molecule has 0 aromatic heterocycles. The topological polar surface area (TPSA) is 225 Å². The van der Waals surface area contributed by atoms with Crippen LogP contribution in [0.15, 0.2) is 90.1 Å². The molecule has 0 aliphatic carbocycles. The number of amides is 3. The molecule has 7 aliphatic rings. The Hall–Kier alpha value is -6.68. The molecule has 12 rings (SSSR count). The first-order valence-electron chi connectivity index (χ1n) is 23.9. The number of carboxylic acid groups (broad SMARTS) is 1. The number of carbonyl (C=O) groups is 6. The van der Waals surface area contributed by atoms with Gasteiger partial charge in [0, 0.05) is 58.1 Å². The molecule has 0 bridgehead atoms. The van der Waals surface area contributed by atoms with E-state index < -0.39 is 78.8 Å². The molecule has 1 unspecified atom stereocenters. The lowest BCUT2D eigenvalue weighted by atomic mass is 9.77. The summed E-state index contributed by atoms with van der Waals surface area (Å²) >= 11 is 28.0. The van der Waals surface area contributed by atoms with E-state index in [4.69, 9.17) is 70.1 Å². The van der Waals surface area contributed by atoms with E-state index in [2.05, 4.69) is 16.3 Å². The van der Waals surface area contributed by atoms with E-state index in [1.54, 1.807) is 43.3 Å². The second kappa shape index (κ2) is 18.2. The molecule has 5 atom stereocenters. The fraction of sp³-hybridized carbons (Fsp3) is 0.283. The van der Waals surface area contributed by atoms with Crippen molar-refractivity contribution in [2.75, 3.05) is 23.8 Å². The lowest BCUT2D eigenvalue weighted by molar-refractivity contribution is -0.154. The van der Waals surface area contributed by atoms with E-state index in [1.807, 2.05) is 30.3 Å². The maximum Gasteiger partial charge on any atom is 0.514 e. The molecule has 5 aromatic carbocycles. The molecular formula is C53H40Cl4N4O14S2. The first-order valence-corrected chi connectivity index (χ1v) is 28.0.